The molecule has 0 fully saturated rings. The molecule has 0 aromatic heterocycles. The first-order valence-electron chi connectivity index (χ1n) is 5.38. The second kappa shape index (κ2) is 5.98. The van der Waals surface area contributed by atoms with E-state index in [1.807, 2.05) is 0 Å². The molecule has 0 unspecified atom stereocenters. The molecule has 84 valence electrons. The quantitative estimate of drug-likeness (QED) is 0.567. The van der Waals surface area contributed by atoms with Gasteiger partial charge < -0.3 is 10.2 Å². The van der Waals surface area contributed by atoms with Crippen molar-refractivity contribution in [3.05, 3.63) is 20.8 Å². The zero-order chi connectivity index (χ0) is 11.3. The van der Waals surface area contributed by atoms with Crippen molar-refractivity contribution < 1.29 is 0 Å². The molecule has 0 spiro atoms. The van der Waals surface area contributed by atoms with Gasteiger partial charge in [-0.1, -0.05) is 19.1 Å². The largest absolute Gasteiger partial charge is 0.384 e. The molecule has 0 atom stereocenters. The maximum absolute atomic E-state index is 10.8. The van der Waals surface area contributed by atoms with Crippen molar-refractivity contribution in [2.75, 3.05) is 32.0 Å². The van der Waals surface area contributed by atoms with Gasteiger partial charge in [0, 0.05) is 12.6 Å². The summed E-state index contributed by atoms with van der Waals surface area (Å²) in [5.41, 5.74) is 0.831. The second-order valence-electron chi connectivity index (χ2n) is 3.78. The van der Waals surface area contributed by atoms with Gasteiger partial charge in [0.15, 0.2) is 0 Å². The van der Waals surface area contributed by atoms with Gasteiger partial charge in [0.2, 0.25) is 5.43 Å². The normalized spacial score (nSPS) is 11.1. The van der Waals surface area contributed by atoms with Crippen LogP contribution in [0.2, 0.25) is 0 Å². The molecule has 1 rings (SSSR count). The van der Waals surface area contributed by atoms with Crippen LogP contribution in [0.3, 0.4) is 0 Å². The van der Waals surface area contributed by atoms with Crippen molar-refractivity contribution in [2.45, 2.75) is 19.8 Å². The van der Waals surface area contributed by atoms with E-state index in [-0.39, 0.29) is 5.43 Å². The molecule has 4 heteroatoms. The SMILES string of the molecule is CCN(C)CCCCNc1cc(=O)c1=S. The molecule has 0 saturated heterocycles. The fourth-order valence-electron chi connectivity index (χ4n) is 1.34. The Morgan fingerprint density at radius 1 is 1.47 bits per heavy atom. The zero-order valence-electron chi connectivity index (χ0n) is 9.38. The monoisotopic (exact) mass is 226 g/mol. The van der Waals surface area contributed by atoms with Crippen LogP contribution in [0.5, 0.6) is 0 Å². The van der Waals surface area contributed by atoms with Gasteiger partial charge in [-0.25, -0.2) is 0 Å². The molecular formula is C11H18N2OS. The molecule has 1 N–H and O–H groups in total. The summed E-state index contributed by atoms with van der Waals surface area (Å²) in [6.07, 6.45) is 2.28. The van der Waals surface area contributed by atoms with Crippen LogP contribution in [-0.2, 0) is 0 Å². The standard InChI is InChI=1S/C11H18N2OS/c1-3-13(2)7-5-4-6-12-9-8-10(14)11(9)15/h8,12H,3-7H2,1-2H3. The van der Waals surface area contributed by atoms with Gasteiger partial charge in [-0.2, -0.15) is 0 Å². The van der Waals surface area contributed by atoms with Crippen molar-refractivity contribution in [1.82, 2.24) is 4.90 Å². The first-order valence-corrected chi connectivity index (χ1v) is 5.78. The van der Waals surface area contributed by atoms with E-state index in [4.69, 9.17) is 12.2 Å². The van der Waals surface area contributed by atoms with Gasteiger partial charge in [0.25, 0.3) is 0 Å². The van der Waals surface area contributed by atoms with Crippen LogP contribution in [0, 0.1) is 4.51 Å². The number of rotatable bonds is 7. The first kappa shape index (κ1) is 12.3. The smallest absolute Gasteiger partial charge is 0.200 e. The van der Waals surface area contributed by atoms with E-state index in [9.17, 15) is 4.79 Å². The van der Waals surface area contributed by atoms with E-state index >= 15 is 0 Å². The predicted octanol–water partition coefficient (Wildman–Crippen LogP) is 1.80. The van der Waals surface area contributed by atoms with Gasteiger partial charge in [-0.3, -0.25) is 4.79 Å². The Bertz CT molecular complexity index is 368. The molecule has 0 bridgehead atoms. The Balaban J connectivity index is 2.06. The highest BCUT2D eigenvalue weighted by atomic mass is 32.1. The van der Waals surface area contributed by atoms with Crippen molar-refractivity contribution in [3.63, 3.8) is 0 Å². The third-order valence-electron chi connectivity index (χ3n) is 2.57. The number of unbranched alkanes of at least 4 members (excludes halogenated alkanes) is 1. The Labute approximate surface area is 95.8 Å². The van der Waals surface area contributed by atoms with Crippen molar-refractivity contribution in [2.24, 2.45) is 0 Å². The van der Waals surface area contributed by atoms with E-state index in [2.05, 4.69) is 24.2 Å². The van der Waals surface area contributed by atoms with Crippen LogP contribution >= 0.6 is 12.2 Å². The minimum atomic E-state index is -0.0155. The van der Waals surface area contributed by atoms with E-state index in [0.717, 1.165) is 31.7 Å². The second-order valence-corrected chi connectivity index (χ2v) is 4.19. The summed E-state index contributed by atoms with van der Waals surface area (Å²) in [6.45, 7) is 5.27. The number of anilines is 1. The number of hydrogen-bond acceptors (Lipinski definition) is 4. The molecule has 15 heavy (non-hydrogen) atoms. The van der Waals surface area contributed by atoms with Gasteiger partial charge in [0.05, 0.1) is 5.69 Å². The Hall–Kier alpha value is -0.740. The van der Waals surface area contributed by atoms with Crippen LogP contribution in [-0.4, -0.2) is 31.6 Å². The van der Waals surface area contributed by atoms with Crippen molar-refractivity contribution in [1.29, 1.82) is 0 Å². The zero-order valence-corrected chi connectivity index (χ0v) is 10.2. The summed E-state index contributed by atoms with van der Waals surface area (Å²) >= 11 is 4.88. The highest BCUT2D eigenvalue weighted by molar-refractivity contribution is 7.71. The number of nitrogens with one attached hydrogen (secondary N) is 1. The summed E-state index contributed by atoms with van der Waals surface area (Å²) in [6, 6.07) is 1.57. The Morgan fingerprint density at radius 3 is 2.73 bits per heavy atom. The molecule has 3 nitrogen and oxygen atoms in total. The Kier molecular flexibility index (Phi) is 4.91. The van der Waals surface area contributed by atoms with Crippen LogP contribution in [0.15, 0.2) is 10.9 Å². The molecule has 0 aliphatic rings. The minimum Gasteiger partial charge on any atom is -0.384 e. The average Bonchev–Trinajstić information content (AvgIpc) is 2.26. The maximum Gasteiger partial charge on any atom is 0.200 e. The fourth-order valence-corrected chi connectivity index (χ4v) is 1.53. The first-order chi connectivity index (χ1) is 7.15. The van der Waals surface area contributed by atoms with E-state index in [1.165, 1.54) is 6.42 Å². The van der Waals surface area contributed by atoms with Gasteiger partial charge in [0.1, 0.15) is 4.51 Å². The lowest BCUT2D eigenvalue weighted by Gasteiger charge is -2.13. The summed E-state index contributed by atoms with van der Waals surface area (Å²) < 4.78 is 0.459. The Morgan fingerprint density at radius 2 is 2.20 bits per heavy atom. The predicted molar refractivity (Wildman–Crippen MR) is 66.8 cm³/mol. The molecule has 0 heterocycles. The highest BCUT2D eigenvalue weighted by Crippen LogP contribution is 2.07. The van der Waals surface area contributed by atoms with Crippen LogP contribution in [0.4, 0.5) is 5.69 Å². The van der Waals surface area contributed by atoms with Crippen LogP contribution in [0.1, 0.15) is 19.8 Å². The molecule has 1 aromatic carbocycles. The molecular weight excluding hydrogens is 208 g/mol. The van der Waals surface area contributed by atoms with E-state index in [1.54, 1.807) is 6.07 Å². The van der Waals surface area contributed by atoms with Gasteiger partial charge >= 0.3 is 0 Å². The van der Waals surface area contributed by atoms with Crippen molar-refractivity contribution >= 4 is 17.9 Å². The van der Waals surface area contributed by atoms with Crippen LogP contribution < -0.4 is 10.7 Å². The maximum atomic E-state index is 10.8. The highest BCUT2D eigenvalue weighted by Gasteiger charge is 2.03. The van der Waals surface area contributed by atoms with Crippen molar-refractivity contribution in [3.8, 4) is 0 Å². The molecule has 0 aliphatic carbocycles. The summed E-state index contributed by atoms with van der Waals surface area (Å²) in [5, 5.41) is 3.17. The third-order valence-corrected chi connectivity index (χ3v) is 2.99. The van der Waals surface area contributed by atoms with Gasteiger partial charge in [-0.15, -0.1) is 0 Å². The van der Waals surface area contributed by atoms with E-state index in [0.29, 0.717) is 4.51 Å². The van der Waals surface area contributed by atoms with Crippen LogP contribution in [0.25, 0.3) is 0 Å². The summed E-state index contributed by atoms with van der Waals surface area (Å²) in [4.78, 5) is 13.1. The summed E-state index contributed by atoms with van der Waals surface area (Å²) in [5.74, 6) is 0. The molecule has 0 aliphatic heterocycles. The number of hydrogen-bond donors (Lipinski definition) is 1. The van der Waals surface area contributed by atoms with Gasteiger partial charge in [-0.05, 0) is 33.0 Å². The molecule has 1 aromatic rings. The number of nitrogens with zero attached hydrogens (tertiary/aromatic N) is 1. The molecule has 0 saturated carbocycles. The van der Waals surface area contributed by atoms with E-state index < -0.39 is 0 Å². The lowest BCUT2D eigenvalue weighted by Crippen LogP contribution is -2.20. The minimum absolute atomic E-state index is 0.0155. The topological polar surface area (TPSA) is 32.3 Å². The summed E-state index contributed by atoms with van der Waals surface area (Å²) in [7, 11) is 2.12. The lowest BCUT2D eigenvalue weighted by molar-refractivity contribution is 0.345. The lowest BCUT2D eigenvalue weighted by atomic mass is 10.2. The molecule has 0 radical (unpaired) electrons. The molecule has 0 amide bonds. The third kappa shape index (κ3) is 3.72. The fraction of sp³-hybridized carbons (Fsp3) is 0.636. The average molecular weight is 226 g/mol.